The molecular formula is C24H30N2O6S. The molecule has 2 rings (SSSR count). The molecule has 2 aromatic rings. The number of benzene rings is 1. The van der Waals surface area contributed by atoms with E-state index >= 15 is 0 Å². The Balaban J connectivity index is 1.95. The molecule has 0 unspecified atom stereocenters. The number of ether oxygens (including phenoxy) is 2. The molecule has 0 saturated carbocycles. The molecule has 0 fully saturated rings. The molecule has 0 bridgehead atoms. The number of carbonyl (C=O) groups is 4. The number of hydrogen-bond donors (Lipinski definition) is 2. The number of hydrogen-bond acceptors (Lipinski definition) is 7. The Morgan fingerprint density at radius 3 is 2.45 bits per heavy atom. The fraction of sp³-hybridized carbons (Fsp3) is 0.417. The lowest BCUT2D eigenvalue weighted by molar-refractivity contribution is -0.146. The Morgan fingerprint density at radius 2 is 1.79 bits per heavy atom. The van der Waals surface area contributed by atoms with Crippen LogP contribution in [0.4, 0.5) is 0 Å². The van der Waals surface area contributed by atoms with Crippen LogP contribution in [-0.4, -0.2) is 49.4 Å². The molecule has 0 saturated heterocycles. The fourth-order valence-electron chi connectivity index (χ4n) is 2.97. The molecule has 8 nitrogen and oxygen atoms in total. The molecule has 1 heterocycles. The van der Waals surface area contributed by atoms with E-state index in [4.69, 9.17) is 9.47 Å². The van der Waals surface area contributed by atoms with Gasteiger partial charge in [-0.1, -0.05) is 26.0 Å². The van der Waals surface area contributed by atoms with E-state index in [1.807, 2.05) is 13.0 Å². The normalized spacial score (nSPS) is 11.5. The van der Waals surface area contributed by atoms with Crippen LogP contribution in [0, 0.1) is 5.92 Å². The van der Waals surface area contributed by atoms with Crippen LogP contribution >= 0.6 is 11.3 Å². The van der Waals surface area contributed by atoms with E-state index < -0.39 is 24.5 Å². The van der Waals surface area contributed by atoms with Gasteiger partial charge in [-0.25, -0.2) is 4.79 Å². The molecule has 9 heteroatoms. The third kappa shape index (κ3) is 8.02. The van der Waals surface area contributed by atoms with Gasteiger partial charge in [0.15, 0.2) is 6.61 Å². The van der Waals surface area contributed by atoms with Crippen molar-refractivity contribution in [2.45, 2.75) is 40.2 Å². The predicted molar refractivity (Wildman–Crippen MR) is 126 cm³/mol. The molecule has 33 heavy (non-hydrogen) atoms. The van der Waals surface area contributed by atoms with Crippen LogP contribution in [0.25, 0.3) is 0 Å². The minimum absolute atomic E-state index is 0.108. The van der Waals surface area contributed by atoms with E-state index in [0.717, 1.165) is 4.88 Å². The van der Waals surface area contributed by atoms with Gasteiger partial charge in [0.1, 0.15) is 11.8 Å². The Hall–Kier alpha value is -3.20. The van der Waals surface area contributed by atoms with E-state index in [-0.39, 0.29) is 17.6 Å². The van der Waals surface area contributed by atoms with Crippen molar-refractivity contribution in [3.05, 3.63) is 51.7 Å². The first-order valence-electron chi connectivity index (χ1n) is 10.8. The smallest absolute Gasteiger partial charge is 0.329 e. The van der Waals surface area contributed by atoms with Crippen molar-refractivity contribution in [2.75, 3.05) is 19.8 Å². The lowest BCUT2D eigenvalue weighted by Gasteiger charge is -2.21. The van der Waals surface area contributed by atoms with Gasteiger partial charge in [-0.2, -0.15) is 0 Å². The quantitative estimate of drug-likeness (QED) is 0.361. The topological polar surface area (TPSA) is 111 Å². The number of nitrogens with one attached hydrogen (secondary N) is 2. The van der Waals surface area contributed by atoms with Gasteiger partial charge in [0.05, 0.1) is 17.0 Å². The Labute approximate surface area is 197 Å². The maximum atomic E-state index is 12.8. The molecule has 0 radical (unpaired) electrons. The van der Waals surface area contributed by atoms with Crippen LogP contribution in [-0.2, 0) is 20.7 Å². The van der Waals surface area contributed by atoms with Gasteiger partial charge in [-0.15, -0.1) is 11.3 Å². The molecule has 2 N–H and O–H groups in total. The standard InChI is InChI=1S/C24H30N2O6S/c1-5-31-20-9-7-6-8-18(20)23(29)26-22(15(2)3)24(30)32-14-19(28)21-11-10-17(33-21)12-13-25-16(4)27/h6-11,15,22H,5,12-14H2,1-4H3,(H,25,27)(H,26,29)/t22-/m1/s1. The van der Waals surface area contributed by atoms with Gasteiger partial charge in [0.2, 0.25) is 11.7 Å². The first-order valence-corrected chi connectivity index (χ1v) is 11.6. The van der Waals surface area contributed by atoms with Crippen molar-refractivity contribution in [3.8, 4) is 5.75 Å². The van der Waals surface area contributed by atoms with E-state index in [1.165, 1.54) is 18.3 Å². The van der Waals surface area contributed by atoms with Gasteiger partial charge < -0.3 is 20.1 Å². The lowest BCUT2D eigenvalue weighted by Crippen LogP contribution is -2.45. The van der Waals surface area contributed by atoms with Gasteiger partial charge in [-0.3, -0.25) is 14.4 Å². The van der Waals surface area contributed by atoms with E-state index in [9.17, 15) is 19.2 Å². The average molecular weight is 475 g/mol. The summed E-state index contributed by atoms with van der Waals surface area (Å²) in [6, 6.07) is 9.35. The highest BCUT2D eigenvalue weighted by Crippen LogP contribution is 2.20. The zero-order valence-electron chi connectivity index (χ0n) is 19.3. The summed E-state index contributed by atoms with van der Waals surface area (Å²) in [7, 11) is 0. The molecule has 1 aromatic carbocycles. The Bertz CT molecular complexity index is 985. The number of carbonyl (C=O) groups excluding carboxylic acids is 4. The number of amides is 2. The van der Waals surface area contributed by atoms with Crippen LogP contribution in [0.15, 0.2) is 36.4 Å². The Morgan fingerprint density at radius 1 is 1.06 bits per heavy atom. The highest BCUT2D eigenvalue weighted by molar-refractivity contribution is 7.14. The molecule has 1 atom stereocenters. The average Bonchev–Trinajstić information content (AvgIpc) is 3.24. The summed E-state index contributed by atoms with van der Waals surface area (Å²) in [6.45, 7) is 7.30. The summed E-state index contributed by atoms with van der Waals surface area (Å²) in [6.07, 6.45) is 0.613. The summed E-state index contributed by atoms with van der Waals surface area (Å²) in [5.41, 5.74) is 0.319. The minimum Gasteiger partial charge on any atom is -0.493 e. The molecular weight excluding hydrogens is 444 g/mol. The van der Waals surface area contributed by atoms with Crippen molar-refractivity contribution in [1.29, 1.82) is 0 Å². The summed E-state index contributed by atoms with van der Waals surface area (Å²) in [4.78, 5) is 50.2. The zero-order chi connectivity index (χ0) is 24.4. The van der Waals surface area contributed by atoms with Crippen LogP contribution in [0.3, 0.4) is 0 Å². The number of esters is 1. The number of Topliss-reactive ketones (excluding diaryl/α,β-unsaturated/α-hetero) is 1. The van der Waals surface area contributed by atoms with Crippen molar-refractivity contribution >= 4 is 34.9 Å². The van der Waals surface area contributed by atoms with Gasteiger partial charge in [0.25, 0.3) is 5.91 Å². The summed E-state index contributed by atoms with van der Waals surface area (Å²) in [5.74, 6) is -1.39. The summed E-state index contributed by atoms with van der Waals surface area (Å²) < 4.78 is 10.7. The monoisotopic (exact) mass is 474 g/mol. The lowest BCUT2D eigenvalue weighted by atomic mass is 10.0. The molecule has 0 aliphatic rings. The van der Waals surface area contributed by atoms with Crippen LogP contribution in [0.5, 0.6) is 5.75 Å². The highest BCUT2D eigenvalue weighted by atomic mass is 32.1. The van der Waals surface area contributed by atoms with Crippen molar-refractivity contribution in [3.63, 3.8) is 0 Å². The molecule has 2 amide bonds. The maximum Gasteiger partial charge on any atom is 0.329 e. The molecule has 0 aliphatic heterocycles. The largest absolute Gasteiger partial charge is 0.493 e. The second kappa shape index (κ2) is 12.7. The van der Waals surface area contributed by atoms with Gasteiger partial charge in [-0.05, 0) is 43.5 Å². The van der Waals surface area contributed by atoms with E-state index in [2.05, 4.69) is 10.6 Å². The predicted octanol–water partition coefficient (Wildman–Crippen LogP) is 3.01. The number of para-hydroxylation sites is 1. The van der Waals surface area contributed by atoms with E-state index in [1.54, 1.807) is 44.2 Å². The molecule has 0 aliphatic carbocycles. The molecule has 0 spiro atoms. The summed E-state index contributed by atoms with van der Waals surface area (Å²) in [5, 5.41) is 5.40. The highest BCUT2D eigenvalue weighted by Gasteiger charge is 2.28. The number of ketones is 1. The van der Waals surface area contributed by atoms with E-state index in [0.29, 0.717) is 35.8 Å². The third-order valence-corrected chi connectivity index (χ3v) is 5.85. The SMILES string of the molecule is CCOc1ccccc1C(=O)N[C@@H](C(=O)OCC(=O)c1ccc(CCNC(C)=O)s1)C(C)C. The molecule has 1 aromatic heterocycles. The summed E-state index contributed by atoms with van der Waals surface area (Å²) >= 11 is 1.30. The minimum atomic E-state index is -0.920. The third-order valence-electron chi connectivity index (χ3n) is 4.67. The number of rotatable bonds is 12. The van der Waals surface area contributed by atoms with Crippen LogP contribution in [0.1, 0.15) is 52.6 Å². The second-order valence-electron chi connectivity index (χ2n) is 7.65. The first-order chi connectivity index (χ1) is 15.7. The van der Waals surface area contributed by atoms with Crippen molar-refractivity contribution in [2.24, 2.45) is 5.92 Å². The zero-order valence-corrected chi connectivity index (χ0v) is 20.1. The fourth-order valence-corrected chi connectivity index (χ4v) is 3.91. The van der Waals surface area contributed by atoms with Gasteiger partial charge in [0, 0.05) is 18.3 Å². The van der Waals surface area contributed by atoms with Crippen molar-refractivity contribution in [1.82, 2.24) is 10.6 Å². The van der Waals surface area contributed by atoms with Crippen LogP contribution < -0.4 is 15.4 Å². The first kappa shape index (κ1) is 26.1. The maximum absolute atomic E-state index is 12.8. The second-order valence-corrected chi connectivity index (χ2v) is 8.82. The van der Waals surface area contributed by atoms with Crippen molar-refractivity contribution < 1.29 is 28.7 Å². The van der Waals surface area contributed by atoms with Crippen LogP contribution in [0.2, 0.25) is 0 Å². The number of thiophene rings is 1. The molecule has 178 valence electrons. The Kier molecular flexibility index (Phi) is 10.1. The van der Waals surface area contributed by atoms with Gasteiger partial charge >= 0.3 is 5.97 Å².